The van der Waals surface area contributed by atoms with Crippen molar-refractivity contribution in [3.05, 3.63) is 65.5 Å². The van der Waals surface area contributed by atoms with Gasteiger partial charge in [-0.15, -0.1) is 0 Å². The van der Waals surface area contributed by atoms with E-state index in [9.17, 15) is 4.79 Å². The first-order valence-electron chi connectivity index (χ1n) is 10.5. The number of carbonyl (C=O) groups is 1. The number of amides is 1. The summed E-state index contributed by atoms with van der Waals surface area (Å²) in [5, 5.41) is 4.14. The lowest BCUT2D eigenvalue weighted by Crippen LogP contribution is -2.41. The van der Waals surface area contributed by atoms with Crippen LogP contribution in [0.3, 0.4) is 0 Å². The van der Waals surface area contributed by atoms with Crippen LogP contribution < -0.4 is 4.74 Å². The molecule has 1 fully saturated rings. The summed E-state index contributed by atoms with van der Waals surface area (Å²) >= 11 is 0. The first-order valence-corrected chi connectivity index (χ1v) is 10.5. The van der Waals surface area contributed by atoms with Crippen LogP contribution in [-0.4, -0.2) is 34.1 Å². The van der Waals surface area contributed by atoms with Gasteiger partial charge in [0.25, 0.3) is 5.91 Å². The number of aromatic nitrogens is 2. The topological polar surface area (TPSA) is 68.5 Å². The van der Waals surface area contributed by atoms with Crippen LogP contribution in [0.4, 0.5) is 0 Å². The second-order valence-electron chi connectivity index (χ2n) is 7.83. The van der Waals surface area contributed by atoms with E-state index in [1.165, 1.54) is 6.42 Å². The van der Waals surface area contributed by atoms with Crippen molar-refractivity contribution in [3.63, 3.8) is 0 Å². The molecule has 6 heteroatoms. The summed E-state index contributed by atoms with van der Waals surface area (Å²) in [6, 6.07) is 15.4. The lowest BCUT2D eigenvalue weighted by Gasteiger charge is -2.33. The van der Waals surface area contributed by atoms with Crippen molar-refractivity contribution < 1.29 is 14.1 Å². The molecule has 0 radical (unpaired) electrons. The number of nitrogens with zero attached hydrogens (tertiary/aromatic N) is 3. The number of benzene rings is 2. The molecule has 1 amide bonds. The number of ether oxygens (including phenoxy) is 1. The van der Waals surface area contributed by atoms with Gasteiger partial charge < -0.3 is 14.2 Å². The average Bonchev–Trinajstić information content (AvgIpc) is 3.26. The number of rotatable bonds is 6. The minimum Gasteiger partial charge on any atom is -0.497 e. The zero-order chi connectivity index (χ0) is 20.9. The van der Waals surface area contributed by atoms with E-state index in [1.54, 1.807) is 7.11 Å². The summed E-state index contributed by atoms with van der Waals surface area (Å²) in [4.78, 5) is 19.8. The number of carbonyl (C=O) groups excluding carboxylic acids is 1. The molecule has 0 bridgehead atoms. The molecule has 6 nitrogen and oxygen atoms in total. The molecular weight excluding hydrogens is 378 g/mol. The Morgan fingerprint density at radius 2 is 1.90 bits per heavy atom. The van der Waals surface area contributed by atoms with Crippen molar-refractivity contribution >= 4 is 5.91 Å². The highest BCUT2D eigenvalue weighted by Gasteiger charge is 2.28. The van der Waals surface area contributed by atoms with Crippen LogP contribution in [0.1, 0.15) is 53.9 Å². The van der Waals surface area contributed by atoms with Gasteiger partial charge in [0.15, 0.2) is 0 Å². The minimum atomic E-state index is -0.0140. The zero-order valence-electron chi connectivity index (χ0n) is 17.5. The third kappa shape index (κ3) is 4.53. The van der Waals surface area contributed by atoms with Crippen LogP contribution in [0.15, 0.2) is 53.1 Å². The Morgan fingerprint density at radius 3 is 2.60 bits per heavy atom. The molecule has 0 N–H and O–H groups in total. The molecule has 0 aliphatic heterocycles. The second-order valence-corrected chi connectivity index (χ2v) is 7.83. The van der Waals surface area contributed by atoms with Crippen molar-refractivity contribution in [2.75, 3.05) is 7.11 Å². The quantitative estimate of drug-likeness (QED) is 0.575. The van der Waals surface area contributed by atoms with E-state index in [2.05, 4.69) is 10.1 Å². The van der Waals surface area contributed by atoms with Gasteiger partial charge in [-0.25, -0.2) is 0 Å². The van der Waals surface area contributed by atoms with Gasteiger partial charge in [0.05, 0.1) is 7.11 Å². The van der Waals surface area contributed by atoms with Crippen molar-refractivity contribution in [3.8, 4) is 17.1 Å². The molecule has 4 rings (SSSR count). The standard InChI is InChI=1S/C24H27N3O3/c1-17-7-6-8-19(15-17)23-25-22(30-26-23)16-27(20-9-4-3-5-10-20)24(28)18-11-13-21(29-2)14-12-18/h6-8,11-15,20H,3-5,9-10,16H2,1-2H3. The van der Waals surface area contributed by atoms with Gasteiger partial charge >= 0.3 is 0 Å². The summed E-state index contributed by atoms with van der Waals surface area (Å²) in [5.41, 5.74) is 2.69. The maximum absolute atomic E-state index is 13.4. The summed E-state index contributed by atoms with van der Waals surface area (Å²) in [6.45, 7) is 2.34. The highest BCUT2D eigenvalue weighted by molar-refractivity contribution is 5.94. The Hall–Kier alpha value is -3.15. The van der Waals surface area contributed by atoms with Crippen LogP contribution in [0.25, 0.3) is 11.4 Å². The van der Waals surface area contributed by atoms with Crippen molar-refractivity contribution in [1.29, 1.82) is 0 Å². The van der Waals surface area contributed by atoms with Gasteiger partial charge in [0.1, 0.15) is 12.3 Å². The normalized spacial score (nSPS) is 14.5. The SMILES string of the molecule is COc1ccc(C(=O)N(Cc2nc(-c3cccc(C)c3)no2)C2CCCCC2)cc1. The predicted octanol–water partition coefficient (Wildman–Crippen LogP) is 5.03. The maximum atomic E-state index is 13.4. The molecule has 0 saturated heterocycles. The van der Waals surface area contributed by atoms with Crippen molar-refractivity contribution in [1.82, 2.24) is 15.0 Å². The van der Waals surface area contributed by atoms with Gasteiger partial charge in [-0.1, -0.05) is 48.2 Å². The predicted molar refractivity (Wildman–Crippen MR) is 114 cm³/mol. The van der Waals surface area contributed by atoms with Gasteiger partial charge in [-0.05, 0) is 50.1 Å². The molecule has 0 atom stereocenters. The largest absolute Gasteiger partial charge is 0.497 e. The molecule has 30 heavy (non-hydrogen) atoms. The molecule has 3 aromatic rings. The third-order valence-corrected chi connectivity index (χ3v) is 5.66. The zero-order valence-corrected chi connectivity index (χ0v) is 17.5. The van der Waals surface area contributed by atoms with E-state index >= 15 is 0 Å². The van der Waals surface area contributed by atoms with E-state index in [-0.39, 0.29) is 11.9 Å². The number of methoxy groups -OCH3 is 1. The molecule has 156 valence electrons. The van der Waals surface area contributed by atoms with Gasteiger partial charge in [-0.3, -0.25) is 4.79 Å². The lowest BCUT2D eigenvalue weighted by atomic mass is 9.93. The van der Waals surface area contributed by atoms with Crippen LogP contribution in [0.2, 0.25) is 0 Å². The minimum absolute atomic E-state index is 0.0140. The van der Waals surface area contributed by atoms with Gasteiger partial charge in [0.2, 0.25) is 11.7 Å². The molecule has 1 saturated carbocycles. The Bertz CT molecular complexity index is 991. The molecular formula is C24H27N3O3. The highest BCUT2D eigenvalue weighted by atomic mass is 16.5. The Kier molecular flexibility index (Phi) is 6.12. The Balaban J connectivity index is 1.57. The fraction of sp³-hybridized carbons (Fsp3) is 0.375. The van der Waals surface area contributed by atoms with Gasteiger partial charge in [0, 0.05) is 17.2 Å². The van der Waals surface area contributed by atoms with E-state index in [1.807, 2.05) is 60.4 Å². The number of hydrogen-bond donors (Lipinski definition) is 0. The van der Waals surface area contributed by atoms with E-state index in [0.29, 0.717) is 23.8 Å². The first kappa shape index (κ1) is 20.1. The summed E-state index contributed by atoms with van der Waals surface area (Å²) in [7, 11) is 1.62. The molecule has 0 unspecified atom stereocenters. The smallest absolute Gasteiger partial charge is 0.254 e. The van der Waals surface area contributed by atoms with Crippen LogP contribution in [-0.2, 0) is 6.54 Å². The Labute approximate surface area is 176 Å². The molecule has 1 aromatic heterocycles. The second kappa shape index (κ2) is 9.11. The molecule has 2 aromatic carbocycles. The molecule has 1 aliphatic carbocycles. The molecule has 0 spiro atoms. The first-order chi connectivity index (χ1) is 14.6. The summed E-state index contributed by atoms with van der Waals surface area (Å²) in [5.74, 6) is 1.73. The van der Waals surface area contributed by atoms with Gasteiger partial charge in [-0.2, -0.15) is 4.98 Å². The van der Waals surface area contributed by atoms with E-state index in [4.69, 9.17) is 9.26 Å². The number of aryl methyl sites for hydroxylation is 1. The molecule has 1 heterocycles. The maximum Gasteiger partial charge on any atom is 0.254 e. The average molecular weight is 405 g/mol. The molecule has 1 aliphatic rings. The summed E-state index contributed by atoms with van der Waals surface area (Å²) in [6.07, 6.45) is 5.49. The lowest BCUT2D eigenvalue weighted by molar-refractivity contribution is 0.0586. The van der Waals surface area contributed by atoms with Crippen LogP contribution in [0.5, 0.6) is 5.75 Å². The monoisotopic (exact) mass is 405 g/mol. The third-order valence-electron chi connectivity index (χ3n) is 5.66. The highest BCUT2D eigenvalue weighted by Crippen LogP contribution is 2.27. The Morgan fingerprint density at radius 1 is 1.13 bits per heavy atom. The van der Waals surface area contributed by atoms with E-state index < -0.39 is 0 Å². The van der Waals surface area contributed by atoms with Crippen molar-refractivity contribution in [2.45, 2.75) is 51.6 Å². The van der Waals surface area contributed by atoms with Crippen molar-refractivity contribution in [2.24, 2.45) is 0 Å². The fourth-order valence-electron chi connectivity index (χ4n) is 4.03. The van der Waals surface area contributed by atoms with E-state index in [0.717, 1.165) is 42.6 Å². The summed E-state index contributed by atoms with van der Waals surface area (Å²) < 4.78 is 10.7. The van der Waals surface area contributed by atoms with Crippen LogP contribution in [0, 0.1) is 6.92 Å². The fourth-order valence-corrected chi connectivity index (χ4v) is 4.03. The number of hydrogen-bond acceptors (Lipinski definition) is 5. The van der Waals surface area contributed by atoms with Crippen LogP contribution >= 0.6 is 0 Å².